The Bertz CT molecular complexity index is 1430. The van der Waals surface area contributed by atoms with Crippen LogP contribution in [0, 0.1) is 16.6 Å². The van der Waals surface area contributed by atoms with Crippen molar-refractivity contribution >= 4 is 22.9 Å². The van der Waals surface area contributed by atoms with E-state index >= 15 is 0 Å². The second-order valence-electron chi connectivity index (χ2n) is 12.3. The summed E-state index contributed by atoms with van der Waals surface area (Å²) in [5.41, 5.74) is 4.86. The molecule has 3 fully saturated rings. The first-order valence-electron chi connectivity index (χ1n) is 14.0. The van der Waals surface area contributed by atoms with E-state index in [1.54, 1.807) is 13.8 Å². The maximum atomic E-state index is 13.9. The van der Waals surface area contributed by atoms with Crippen LogP contribution in [0.15, 0.2) is 54.6 Å². The van der Waals surface area contributed by atoms with Crippen molar-refractivity contribution in [1.82, 2.24) is 4.98 Å². The van der Waals surface area contributed by atoms with Gasteiger partial charge in [0, 0.05) is 27.8 Å². The number of aromatic nitrogens is 1. The lowest BCUT2D eigenvalue weighted by Crippen LogP contribution is -2.28. The first kappa shape index (κ1) is 26.1. The van der Waals surface area contributed by atoms with Crippen LogP contribution in [0.25, 0.3) is 28.1 Å². The highest BCUT2D eigenvalue weighted by Gasteiger charge is 2.62. The van der Waals surface area contributed by atoms with Crippen LogP contribution in [0.1, 0.15) is 76.0 Å². The number of carbonyl (C=O) groups is 1. The molecule has 3 aliphatic rings. The van der Waals surface area contributed by atoms with Crippen LogP contribution in [0.5, 0.6) is 0 Å². The number of hydrogen-bond donors (Lipinski definition) is 1. The van der Waals surface area contributed by atoms with Gasteiger partial charge in [-0.25, -0.2) is 4.39 Å². The summed E-state index contributed by atoms with van der Waals surface area (Å²) in [4.78, 5) is 17.5. The minimum Gasteiger partial charge on any atom is -0.469 e. The quantitative estimate of drug-likeness (QED) is 0.223. The molecule has 2 aromatic carbocycles. The Labute approximate surface area is 229 Å². The lowest BCUT2D eigenvalue weighted by atomic mass is 9.85. The standard InChI is InChI=1S/C33H36FNO4/c1-31(2,37)39-27-18-33(27,19-28(36)38-3)20-32(16-17-32)15-14-25-29(21-10-12-23(34)13-11-21)24-6-4-5-7-26(24)35-30(25)22-8-9-22/h4-7,10-15,22,27,37H,8-9,16-20H2,1-3H3/b15-14+. The Morgan fingerprint density at radius 1 is 1.15 bits per heavy atom. The number of rotatable bonds is 10. The Balaban J connectivity index is 1.38. The zero-order valence-electron chi connectivity index (χ0n) is 22.9. The number of allylic oxidation sites excluding steroid dienone is 1. The highest BCUT2D eigenvalue weighted by Crippen LogP contribution is 2.65. The summed E-state index contributed by atoms with van der Waals surface area (Å²) >= 11 is 0. The summed E-state index contributed by atoms with van der Waals surface area (Å²) in [6.45, 7) is 3.26. The van der Waals surface area contributed by atoms with Gasteiger partial charge >= 0.3 is 5.97 Å². The van der Waals surface area contributed by atoms with Gasteiger partial charge in [-0.3, -0.25) is 9.78 Å². The van der Waals surface area contributed by atoms with Crippen molar-refractivity contribution < 1.29 is 23.8 Å². The second-order valence-corrected chi connectivity index (χ2v) is 12.3. The van der Waals surface area contributed by atoms with Crippen molar-refractivity contribution in [3.63, 3.8) is 0 Å². The molecule has 0 radical (unpaired) electrons. The third-order valence-corrected chi connectivity index (χ3v) is 8.53. The number of fused-ring (bicyclic) bond motifs is 1. The fourth-order valence-electron chi connectivity index (χ4n) is 6.15. The van der Waals surface area contributed by atoms with Crippen molar-refractivity contribution in [3.8, 4) is 11.1 Å². The fraction of sp³-hybridized carbons (Fsp3) is 0.455. The molecule has 1 heterocycles. The summed E-state index contributed by atoms with van der Waals surface area (Å²) in [7, 11) is 1.42. The average molecular weight is 530 g/mol. The van der Waals surface area contributed by atoms with Gasteiger partial charge in [0.1, 0.15) is 5.82 Å². The first-order chi connectivity index (χ1) is 18.6. The van der Waals surface area contributed by atoms with E-state index in [1.807, 2.05) is 24.3 Å². The van der Waals surface area contributed by atoms with Gasteiger partial charge < -0.3 is 14.6 Å². The molecule has 3 saturated carbocycles. The van der Waals surface area contributed by atoms with Crippen molar-refractivity contribution in [1.29, 1.82) is 0 Å². The molecule has 39 heavy (non-hydrogen) atoms. The number of carbonyl (C=O) groups excluding carboxylic acids is 1. The number of esters is 1. The van der Waals surface area contributed by atoms with Gasteiger partial charge in [0.25, 0.3) is 0 Å². The van der Waals surface area contributed by atoms with Gasteiger partial charge in [-0.2, -0.15) is 0 Å². The molecule has 6 rings (SSSR count). The largest absolute Gasteiger partial charge is 0.469 e. The van der Waals surface area contributed by atoms with Crippen LogP contribution >= 0.6 is 0 Å². The molecular formula is C33H36FNO4. The number of hydrogen-bond acceptors (Lipinski definition) is 5. The summed E-state index contributed by atoms with van der Waals surface area (Å²) in [5, 5.41) is 11.3. The van der Waals surface area contributed by atoms with Crippen LogP contribution in [0.4, 0.5) is 4.39 Å². The topological polar surface area (TPSA) is 68.7 Å². The lowest BCUT2D eigenvalue weighted by Gasteiger charge is -2.25. The van der Waals surface area contributed by atoms with E-state index in [9.17, 15) is 14.3 Å². The van der Waals surface area contributed by atoms with Gasteiger partial charge in [0.2, 0.25) is 0 Å². The normalized spacial score (nSPS) is 23.8. The zero-order valence-corrected chi connectivity index (χ0v) is 22.9. The van der Waals surface area contributed by atoms with E-state index in [4.69, 9.17) is 14.5 Å². The molecule has 0 saturated heterocycles. The first-order valence-corrected chi connectivity index (χ1v) is 14.0. The highest BCUT2D eigenvalue weighted by atomic mass is 19.1. The van der Waals surface area contributed by atoms with Crippen molar-refractivity contribution in [3.05, 3.63) is 71.7 Å². The van der Waals surface area contributed by atoms with Gasteiger partial charge in [-0.1, -0.05) is 42.5 Å². The SMILES string of the molecule is COC(=O)CC1(CC2(/C=C/c3c(C4CC4)nc4ccccc4c3-c3ccc(F)cc3)CC2)CC1OC(C)(C)O. The number of ether oxygens (including phenoxy) is 2. The van der Waals surface area contributed by atoms with Gasteiger partial charge in [0.15, 0.2) is 5.79 Å². The Morgan fingerprint density at radius 2 is 1.87 bits per heavy atom. The summed E-state index contributed by atoms with van der Waals surface area (Å²) < 4.78 is 24.8. The molecule has 204 valence electrons. The van der Waals surface area contributed by atoms with E-state index in [2.05, 4.69) is 24.3 Å². The molecule has 1 N–H and O–H groups in total. The smallest absolute Gasteiger partial charge is 0.306 e. The number of pyridine rings is 1. The van der Waals surface area contributed by atoms with Gasteiger partial charge in [-0.05, 0) is 81.5 Å². The Morgan fingerprint density at radius 3 is 2.51 bits per heavy atom. The summed E-state index contributed by atoms with van der Waals surface area (Å²) in [6, 6.07) is 14.9. The maximum Gasteiger partial charge on any atom is 0.306 e. The van der Waals surface area contributed by atoms with Crippen molar-refractivity contribution in [2.24, 2.45) is 10.8 Å². The van der Waals surface area contributed by atoms with Crippen LogP contribution in [-0.2, 0) is 14.3 Å². The molecule has 3 aliphatic carbocycles. The summed E-state index contributed by atoms with van der Waals surface area (Å²) in [6.07, 6.45) is 10.5. The number of para-hydroxylation sites is 1. The predicted molar refractivity (Wildman–Crippen MR) is 149 cm³/mol. The molecule has 2 unspecified atom stereocenters. The Kier molecular flexibility index (Phi) is 6.39. The number of methoxy groups -OCH3 is 1. The number of nitrogens with zero attached hydrogens (tertiary/aromatic N) is 1. The molecule has 0 bridgehead atoms. The number of aliphatic hydroxyl groups is 1. The van der Waals surface area contributed by atoms with E-state index in [-0.39, 0.29) is 35.1 Å². The zero-order chi connectivity index (χ0) is 27.4. The molecule has 5 nitrogen and oxygen atoms in total. The van der Waals surface area contributed by atoms with Crippen LogP contribution in [0.2, 0.25) is 0 Å². The fourth-order valence-corrected chi connectivity index (χ4v) is 6.15. The maximum absolute atomic E-state index is 13.9. The molecule has 0 spiro atoms. The van der Waals surface area contributed by atoms with Crippen molar-refractivity contribution in [2.45, 2.75) is 76.6 Å². The molecule has 2 atom stereocenters. The third-order valence-electron chi connectivity index (χ3n) is 8.53. The monoisotopic (exact) mass is 529 g/mol. The van der Waals surface area contributed by atoms with Crippen LogP contribution in [0.3, 0.4) is 0 Å². The minimum atomic E-state index is -1.25. The second kappa shape index (κ2) is 9.53. The van der Waals surface area contributed by atoms with E-state index < -0.39 is 5.79 Å². The summed E-state index contributed by atoms with van der Waals surface area (Å²) in [5.74, 6) is -1.32. The molecule has 0 amide bonds. The van der Waals surface area contributed by atoms with Crippen LogP contribution < -0.4 is 0 Å². The molecule has 0 aliphatic heterocycles. The number of halogens is 1. The highest BCUT2D eigenvalue weighted by molar-refractivity contribution is 5.99. The lowest BCUT2D eigenvalue weighted by molar-refractivity contribution is -0.192. The average Bonchev–Trinajstić information content (AvgIpc) is 3.80. The Hall–Kier alpha value is -3.09. The molecular weight excluding hydrogens is 493 g/mol. The number of benzene rings is 2. The van der Waals surface area contributed by atoms with Gasteiger partial charge in [0.05, 0.1) is 30.8 Å². The van der Waals surface area contributed by atoms with Gasteiger partial charge in [-0.15, -0.1) is 0 Å². The van der Waals surface area contributed by atoms with E-state index in [0.717, 1.165) is 71.8 Å². The van der Waals surface area contributed by atoms with E-state index in [0.29, 0.717) is 5.92 Å². The van der Waals surface area contributed by atoms with E-state index in [1.165, 1.54) is 19.2 Å². The van der Waals surface area contributed by atoms with Crippen LogP contribution in [-0.4, -0.2) is 35.1 Å². The predicted octanol–water partition coefficient (Wildman–Crippen LogP) is 7.17. The van der Waals surface area contributed by atoms with Crippen molar-refractivity contribution in [2.75, 3.05) is 7.11 Å². The molecule has 6 heteroatoms. The molecule has 3 aromatic rings. The minimum absolute atomic E-state index is 0.0434. The third kappa shape index (κ3) is 5.50. The molecule has 1 aromatic heterocycles.